The Morgan fingerprint density at radius 2 is 1.79 bits per heavy atom. The molecule has 0 unspecified atom stereocenters. The average Bonchev–Trinajstić information content (AvgIpc) is 3.65. The van der Waals surface area contributed by atoms with Gasteiger partial charge in [-0.05, 0) is 66.4 Å². The van der Waals surface area contributed by atoms with Crippen LogP contribution in [-0.4, -0.2) is 25.3 Å². The van der Waals surface area contributed by atoms with Gasteiger partial charge >= 0.3 is 0 Å². The van der Waals surface area contributed by atoms with Gasteiger partial charge < -0.3 is 4.98 Å². The highest BCUT2D eigenvalue weighted by Gasteiger charge is 2.30. The number of imidazole rings is 2. The number of rotatable bonds is 11. The molecule has 0 bridgehead atoms. The van der Waals surface area contributed by atoms with Gasteiger partial charge in [-0.15, -0.1) is 0 Å². The van der Waals surface area contributed by atoms with E-state index in [1.54, 1.807) is 49.1 Å². The highest BCUT2D eigenvalue weighted by atomic mass is 35.5. The second-order valence-electron chi connectivity index (χ2n) is 10.4. The third-order valence-electron chi connectivity index (χ3n) is 7.23. The van der Waals surface area contributed by atoms with Crippen LogP contribution in [0.5, 0.6) is 0 Å². The van der Waals surface area contributed by atoms with E-state index < -0.39 is 11.2 Å². The predicted octanol–water partition coefficient (Wildman–Crippen LogP) is 9.00. The molecule has 0 saturated heterocycles. The van der Waals surface area contributed by atoms with Gasteiger partial charge in [-0.2, -0.15) is 0 Å². The molecular weight excluding hydrogens is 597 g/mol. The summed E-state index contributed by atoms with van der Waals surface area (Å²) in [4.78, 5) is 24.3. The molecule has 0 aliphatic carbocycles. The van der Waals surface area contributed by atoms with Gasteiger partial charge in [-0.1, -0.05) is 67.0 Å². The Labute approximate surface area is 257 Å². The molecule has 0 amide bonds. The summed E-state index contributed by atoms with van der Waals surface area (Å²) in [6, 6.07) is 16.3. The van der Waals surface area contributed by atoms with E-state index in [4.69, 9.17) is 23.2 Å². The van der Waals surface area contributed by atoms with Crippen LogP contribution >= 0.6 is 35.0 Å². The zero-order chi connectivity index (χ0) is 29.9. The average molecular weight is 626 g/mol. The lowest BCUT2D eigenvalue weighted by Crippen LogP contribution is -2.23. The molecule has 2 heterocycles. The number of aromatic nitrogens is 4. The Hall–Kier alpha value is -3.46. The van der Waals surface area contributed by atoms with Crippen LogP contribution < -0.4 is 0 Å². The maximum Gasteiger partial charge on any atom is 0.173 e. The minimum absolute atomic E-state index is 0.103. The van der Waals surface area contributed by atoms with Gasteiger partial charge in [-0.3, -0.25) is 9.36 Å². The summed E-state index contributed by atoms with van der Waals surface area (Å²) in [6.45, 7) is 4.09. The molecule has 42 heavy (non-hydrogen) atoms. The van der Waals surface area contributed by atoms with E-state index in [-0.39, 0.29) is 17.4 Å². The Morgan fingerprint density at radius 3 is 2.48 bits per heavy atom. The lowest BCUT2D eigenvalue weighted by Gasteiger charge is -2.28. The van der Waals surface area contributed by atoms with E-state index in [0.29, 0.717) is 45.6 Å². The van der Waals surface area contributed by atoms with Crippen LogP contribution in [0.1, 0.15) is 59.6 Å². The topological polar surface area (TPSA) is 63.6 Å². The van der Waals surface area contributed by atoms with Crippen LogP contribution in [0.2, 0.25) is 10.0 Å². The van der Waals surface area contributed by atoms with Crippen molar-refractivity contribution >= 4 is 40.7 Å². The monoisotopic (exact) mass is 624 g/mol. The van der Waals surface area contributed by atoms with E-state index >= 15 is 4.39 Å². The zero-order valence-electron chi connectivity index (χ0n) is 23.0. The molecule has 0 aliphatic heterocycles. The summed E-state index contributed by atoms with van der Waals surface area (Å²) in [5.74, 6) is -0.617. The normalized spacial score (nSPS) is 11.7. The van der Waals surface area contributed by atoms with Crippen molar-refractivity contribution in [1.29, 1.82) is 0 Å². The first kappa shape index (κ1) is 30.0. The van der Waals surface area contributed by atoms with Crippen LogP contribution in [-0.2, 0) is 17.6 Å². The van der Waals surface area contributed by atoms with E-state index in [1.165, 1.54) is 30.0 Å². The van der Waals surface area contributed by atoms with Crippen molar-refractivity contribution in [2.75, 3.05) is 0 Å². The van der Waals surface area contributed by atoms with Crippen molar-refractivity contribution in [3.05, 3.63) is 129 Å². The van der Waals surface area contributed by atoms with Gasteiger partial charge in [0.25, 0.3) is 0 Å². The maximum atomic E-state index is 15.1. The fourth-order valence-corrected chi connectivity index (χ4v) is 6.01. The SMILES string of the molecule is CC(C)(c1ccc(Cl)c(Cl)c1)c1cnc(SCc2ccc(C(=O)CCCc3cnc[nH]3)cc2F)n1-c1ccc(F)cc1. The Morgan fingerprint density at radius 1 is 1.00 bits per heavy atom. The first-order valence-corrected chi connectivity index (χ1v) is 15.1. The lowest BCUT2D eigenvalue weighted by atomic mass is 9.81. The summed E-state index contributed by atoms with van der Waals surface area (Å²) in [5.41, 5.74) is 3.69. The van der Waals surface area contributed by atoms with Crippen molar-refractivity contribution in [2.24, 2.45) is 0 Å². The minimum atomic E-state index is -0.556. The van der Waals surface area contributed by atoms with Crippen molar-refractivity contribution in [3.8, 4) is 5.69 Å². The molecule has 5 aromatic rings. The third kappa shape index (κ3) is 6.61. The summed E-state index contributed by atoms with van der Waals surface area (Å²) < 4.78 is 30.9. The van der Waals surface area contributed by atoms with Crippen molar-refractivity contribution in [3.63, 3.8) is 0 Å². The number of hydrogen-bond acceptors (Lipinski definition) is 4. The highest BCUT2D eigenvalue weighted by Crippen LogP contribution is 2.38. The zero-order valence-corrected chi connectivity index (χ0v) is 25.3. The van der Waals surface area contributed by atoms with Gasteiger partial charge in [0.1, 0.15) is 11.6 Å². The predicted molar refractivity (Wildman–Crippen MR) is 164 cm³/mol. The summed E-state index contributed by atoms with van der Waals surface area (Å²) in [7, 11) is 0. The molecule has 0 fully saturated rings. The van der Waals surface area contributed by atoms with Gasteiger partial charge in [0.05, 0.1) is 28.3 Å². The fourth-order valence-electron chi connectivity index (χ4n) is 4.74. The number of carbonyl (C=O) groups excluding carboxylic acids is 1. The van der Waals surface area contributed by atoms with E-state index in [9.17, 15) is 9.18 Å². The number of aryl methyl sites for hydroxylation is 1. The molecule has 0 atom stereocenters. The van der Waals surface area contributed by atoms with Gasteiger partial charge in [-0.25, -0.2) is 18.7 Å². The number of halogens is 4. The molecule has 10 heteroatoms. The van der Waals surface area contributed by atoms with Crippen LogP contribution in [0.4, 0.5) is 8.78 Å². The Kier molecular flexibility index (Phi) is 9.16. The number of nitrogens with one attached hydrogen (secondary N) is 1. The minimum Gasteiger partial charge on any atom is -0.348 e. The van der Waals surface area contributed by atoms with E-state index in [0.717, 1.165) is 22.6 Å². The van der Waals surface area contributed by atoms with Crippen LogP contribution in [0.25, 0.3) is 5.69 Å². The van der Waals surface area contributed by atoms with E-state index in [1.807, 2.05) is 30.5 Å². The van der Waals surface area contributed by atoms with Crippen LogP contribution in [0, 0.1) is 11.6 Å². The van der Waals surface area contributed by atoms with Crippen LogP contribution in [0.3, 0.4) is 0 Å². The lowest BCUT2D eigenvalue weighted by molar-refractivity contribution is 0.0979. The molecule has 0 aliphatic rings. The standard InChI is InChI=1S/C32H28Cl2F2N4OS/c1-32(2,22-8-13-26(33)27(34)15-22)30-17-38-31(40(30)25-11-9-23(35)10-12-25)42-18-21-7-6-20(14-28(21)36)29(41)5-3-4-24-16-37-19-39-24/h6-17,19H,3-5,18H2,1-2H3,(H,37,39). The summed E-state index contributed by atoms with van der Waals surface area (Å²) in [5, 5.41) is 1.52. The van der Waals surface area contributed by atoms with Crippen LogP contribution in [0.15, 0.2) is 84.5 Å². The quantitative estimate of drug-likeness (QED) is 0.118. The molecule has 3 aromatic carbocycles. The number of carbonyl (C=O) groups is 1. The molecule has 2 aromatic heterocycles. The molecule has 1 N–H and O–H groups in total. The number of H-pyrrole nitrogens is 1. The summed E-state index contributed by atoms with van der Waals surface area (Å²) >= 11 is 13.9. The smallest absolute Gasteiger partial charge is 0.173 e. The molecule has 216 valence electrons. The Bertz CT molecular complexity index is 1700. The van der Waals surface area contributed by atoms with Gasteiger partial charge in [0.2, 0.25) is 0 Å². The third-order valence-corrected chi connectivity index (χ3v) is 8.97. The van der Waals surface area contributed by atoms with Crippen molar-refractivity contribution in [1.82, 2.24) is 19.5 Å². The van der Waals surface area contributed by atoms with Gasteiger partial charge in [0, 0.05) is 40.7 Å². The number of hydrogen-bond donors (Lipinski definition) is 1. The number of ketones is 1. The van der Waals surface area contributed by atoms with Gasteiger partial charge in [0.15, 0.2) is 10.9 Å². The molecule has 5 nitrogen and oxygen atoms in total. The Balaban J connectivity index is 1.37. The highest BCUT2D eigenvalue weighted by molar-refractivity contribution is 7.98. The van der Waals surface area contributed by atoms with E-state index in [2.05, 4.69) is 15.0 Å². The van der Waals surface area contributed by atoms with Crippen molar-refractivity contribution in [2.45, 2.75) is 49.4 Å². The van der Waals surface area contributed by atoms with Crippen molar-refractivity contribution < 1.29 is 13.6 Å². The first-order valence-electron chi connectivity index (χ1n) is 13.3. The fraction of sp³-hybridized carbons (Fsp3) is 0.219. The number of nitrogens with zero attached hydrogens (tertiary/aromatic N) is 3. The maximum absolute atomic E-state index is 15.1. The molecule has 0 radical (unpaired) electrons. The number of aromatic amines is 1. The molecule has 0 spiro atoms. The number of thioether (sulfide) groups is 1. The molecule has 0 saturated carbocycles. The summed E-state index contributed by atoms with van der Waals surface area (Å²) in [6.07, 6.45) is 6.78. The molecular formula is C32H28Cl2F2N4OS. The largest absolute Gasteiger partial charge is 0.348 e. The first-order chi connectivity index (χ1) is 20.1. The second kappa shape index (κ2) is 12.8. The second-order valence-corrected chi connectivity index (χ2v) is 12.2. The number of benzene rings is 3. The molecule has 5 rings (SSSR count). The number of Topliss-reactive ketones (excluding diaryl/α,β-unsaturated/α-hetero) is 1.